The number of hydrogen-bond acceptors (Lipinski definition) is 8. The normalized spacial score (nSPS) is 14.0. The molecule has 2 N–H and O–H groups in total. The van der Waals surface area contributed by atoms with E-state index in [1.54, 1.807) is 24.3 Å². The highest BCUT2D eigenvalue weighted by Crippen LogP contribution is 2.24. The average molecular weight is 432 g/mol. The summed E-state index contributed by atoms with van der Waals surface area (Å²) in [5.41, 5.74) is 2.65. The SMILES string of the molecule is C=CC(=O)Nc1cccc(Oc2ncnc(Nc3ccc(N4CCN(C)CC4)cc3)n2)c1. The number of ether oxygens (including phenoxy) is 1. The third-order valence-electron chi connectivity index (χ3n) is 5.04. The molecule has 1 saturated heterocycles. The van der Waals surface area contributed by atoms with Crippen LogP contribution in [0.5, 0.6) is 11.8 Å². The second-order valence-electron chi connectivity index (χ2n) is 7.38. The Bertz CT molecular complexity index is 1080. The first-order chi connectivity index (χ1) is 15.6. The smallest absolute Gasteiger partial charge is 0.326 e. The summed E-state index contributed by atoms with van der Waals surface area (Å²) in [5, 5.41) is 5.86. The molecule has 0 aliphatic carbocycles. The first-order valence-corrected chi connectivity index (χ1v) is 10.3. The molecule has 0 unspecified atom stereocenters. The first kappa shape index (κ1) is 21.3. The van der Waals surface area contributed by atoms with Gasteiger partial charge in [0.25, 0.3) is 0 Å². The van der Waals surface area contributed by atoms with Gasteiger partial charge in [0, 0.05) is 49.3 Å². The van der Waals surface area contributed by atoms with Crippen molar-refractivity contribution < 1.29 is 9.53 Å². The van der Waals surface area contributed by atoms with E-state index in [1.807, 2.05) is 12.1 Å². The summed E-state index contributed by atoms with van der Waals surface area (Å²) < 4.78 is 5.73. The number of likely N-dealkylation sites (N-methyl/N-ethyl adjacent to an activating group) is 1. The highest BCUT2D eigenvalue weighted by molar-refractivity contribution is 5.98. The van der Waals surface area contributed by atoms with Gasteiger partial charge in [-0.2, -0.15) is 9.97 Å². The molecular formula is C23H25N7O2. The topological polar surface area (TPSA) is 95.5 Å². The van der Waals surface area contributed by atoms with Gasteiger partial charge < -0.3 is 25.2 Å². The summed E-state index contributed by atoms with van der Waals surface area (Å²) in [6, 6.07) is 15.3. The molecule has 0 atom stereocenters. The minimum absolute atomic E-state index is 0.142. The molecule has 1 aromatic heterocycles. The van der Waals surface area contributed by atoms with Crippen LogP contribution in [0.2, 0.25) is 0 Å². The molecule has 1 fully saturated rings. The molecular weight excluding hydrogens is 406 g/mol. The highest BCUT2D eigenvalue weighted by atomic mass is 16.5. The van der Waals surface area contributed by atoms with Gasteiger partial charge in [-0.25, -0.2) is 4.98 Å². The Morgan fingerprint density at radius 2 is 1.84 bits per heavy atom. The summed E-state index contributed by atoms with van der Waals surface area (Å²) in [6.45, 7) is 7.62. The molecule has 0 saturated carbocycles. The first-order valence-electron chi connectivity index (χ1n) is 10.3. The van der Waals surface area contributed by atoms with Crippen LogP contribution in [-0.2, 0) is 4.79 Å². The Morgan fingerprint density at radius 1 is 1.06 bits per heavy atom. The zero-order chi connectivity index (χ0) is 22.3. The van der Waals surface area contributed by atoms with Crippen molar-refractivity contribution in [2.24, 2.45) is 0 Å². The van der Waals surface area contributed by atoms with E-state index >= 15 is 0 Å². The van der Waals surface area contributed by atoms with E-state index in [9.17, 15) is 4.79 Å². The molecule has 1 amide bonds. The summed E-state index contributed by atoms with van der Waals surface area (Å²) in [6.07, 6.45) is 2.59. The van der Waals surface area contributed by atoms with Gasteiger partial charge in [0.05, 0.1) is 0 Å². The van der Waals surface area contributed by atoms with Crippen LogP contribution in [0.25, 0.3) is 0 Å². The lowest BCUT2D eigenvalue weighted by Gasteiger charge is -2.34. The molecule has 32 heavy (non-hydrogen) atoms. The van der Waals surface area contributed by atoms with Gasteiger partial charge in [0.1, 0.15) is 12.1 Å². The van der Waals surface area contributed by atoms with Gasteiger partial charge >= 0.3 is 6.01 Å². The number of aromatic nitrogens is 3. The summed E-state index contributed by atoms with van der Waals surface area (Å²) in [4.78, 5) is 28.7. The predicted octanol–water partition coefficient (Wildman–Crippen LogP) is 3.28. The van der Waals surface area contributed by atoms with E-state index < -0.39 is 0 Å². The Hall–Kier alpha value is -3.98. The van der Waals surface area contributed by atoms with E-state index in [1.165, 1.54) is 18.1 Å². The lowest BCUT2D eigenvalue weighted by Crippen LogP contribution is -2.44. The van der Waals surface area contributed by atoms with Crippen molar-refractivity contribution in [1.29, 1.82) is 0 Å². The standard InChI is InChI=1S/C23H25N7O2/c1-3-21(31)26-18-5-4-6-20(15-18)32-23-25-16-24-22(28-23)27-17-7-9-19(10-8-17)30-13-11-29(2)12-14-30/h3-10,15-16H,1,11-14H2,2H3,(H,26,31)(H,24,25,27,28). The molecule has 9 nitrogen and oxygen atoms in total. The van der Waals surface area contributed by atoms with Crippen molar-refractivity contribution in [2.45, 2.75) is 0 Å². The molecule has 0 spiro atoms. The quantitative estimate of drug-likeness (QED) is 0.551. The van der Waals surface area contributed by atoms with Gasteiger partial charge in [-0.1, -0.05) is 12.6 Å². The van der Waals surface area contributed by atoms with Crippen LogP contribution in [0, 0.1) is 0 Å². The number of amides is 1. The van der Waals surface area contributed by atoms with Crippen molar-refractivity contribution in [3.05, 3.63) is 67.5 Å². The van der Waals surface area contributed by atoms with Crippen molar-refractivity contribution in [3.8, 4) is 11.8 Å². The largest absolute Gasteiger partial charge is 0.424 e. The monoisotopic (exact) mass is 431 g/mol. The van der Waals surface area contributed by atoms with Crippen LogP contribution in [0.3, 0.4) is 0 Å². The van der Waals surface area contributed by atoms with Crippen LogP contribution in [-0.4, -0.2) is 59.0 Å². The number of nitrogens with zero attached hydrogens (tertiary/aromatic N) is 5. The number of anilines is 4. The fourth-order valence-corrected chi connectivity index (χ4v) is 3.28. The summed E-state index contributed by atoms with van der Waals surface area (Å²) in [7, 11) is 2.15. The molecule has 3 aromatic rings. The molecule has 0 radical (unpaired) electrons. The minimum atomic E-state index is -0.299. The lowest BCUT2D eigenvalue weighted by atomic mass is 10.2. The van der Waals surface area contributed by atoms with E-state index in [2.05, 4.69) is 61.1 Å². The molecule has 1 aliphatic rings. The van der Waals surface area contributed by atoms with Crippen LogP contribution in [0.1, 0.15) is 0 Å². The Kier molecular flexibility index (Phi) is 6.57. The lowest BCUT2D eigenvalue weighted by molar-refractivity contribution is -0.111. The number of rotatable bonds is 7. The molecule has 1 aliphatic heterocycles. The van der Waals surface area contributed by atoms with Gasteiger partial charge in [0.15, 0.2) is 0 Å². The predicted molar refractivity (Wildman–Crippen MR) is 125 cm³/mol. The Morgan fingerprint density at radius 3 is 2.59 bits per heavy atom. The van der Waals surface area contributed by atoms with Gasteiger partial charge in [-0.15, -0.1) is 0 Å². The fraction of sp³-hybridized carbons (Fsp3) is 0.217. The zero-order valence-electron chi connectivity index (χ0n) is 17.9. The third-order valence-corrected chi connectivity index (χ3v) is 5.04. The van der Waals surface area contributed by atoms with E-state index in [-0.39, 0.29) is 11.9 Å². The van der Waals surface area contributed by atoms with E-state index in [0.717, 1.165) is 31.9 Å². The molecule has 2 aromatic carbocycles. The van der Waals surface area contributed by atoms with Gasteiger partial charge in [-0.05, 0) is 49.5 Å². The molecule has 164 valence electrons. The second kappa shape index (κ2) is 9.88. The number of carbonyl (C=O) groups excluding carboxylic acids is 1. The second-order valence-corrected chi connectivity index (χ2v) is 7.38. The average Bonchev–Trinajstić information content (AvgIpc) is 2.81. The number of benzene rings is 2. The van der Waals surface area contributed by atoms with Crippen molar-refractivity contribution in [3.63, 3.8) is 0 Å². The molecule has 0 bridgehead atoms. The highest BCUT2D eigenvalue weighted by Gasteiger charge is 2.14. The Labute approximate surface area is 186 Å². The van der Waals surface area contributed by atoms with Crippen molar-refractivity contribution >= 4 is 28.9 Å². The maximum absolute atomic E-state index is 11.5. The third kappa shape index (κ3) is 5.58. The maximum atomic E-state index is 11.5. The van der Waals surface area contributed by atoms with E-state index in [4.69, 9.17) is 4.74 Å². The van der Waals surface area contributed by atoms with Crippen LogP contribution in [0.4, 0.5) is 23.0 Å². The number of nitrogens with one attached hydrogen (secondary N) is 2. The maximum Gasteiger partial charge on any atom is 0.326 e. The van der Waals surface area contributed by atoms with Crippen molar-refractivity contribution in [1.82, 2.24) is 19.9 Å². The van der Waals surface area contributed by atoms with Crippen LogP contribution in [0.15, 0.2) is 67.5 Å². The van der Waals surface area contributed by atoms with Gasteiger partial charge in [0.2, 0.25) is 11.9 Å². The van der Waals surface area contributed by atoms with Gasteiger partial charge in [-0.3, -0.25) is 4.79 Å². The van der Waals surface area contributed by atoms with E-state index in [0.29, 0.717) is 17.4 Å². The van der Waals surface area contributed by atoms with Crippen LogP contribution >= 0.6 is 0 Å². The molecule has 2 heterocycles. The number of hydrogen-bond donors (Lipinski definition) is 2. The van der Waals surface area contributed by atoms with Crippen molar-refractivity contribution in [2.75, 3.05) is 48.8 Å². The number of piperazine rings is 1. The molecule has 4 rings (SSSR count). The molecule has 9 heteroatoms. The zero-order valence-corrected chi connectivity index (χ0v) is 17.9. The minimum Gasteiger partial charge on any atom is -0.424 e. The Balaban J connectivity index is 1.39. The van der Waals surface area contributed by atoms with Crippen LogP contribution < -0.4 is 20.3 Å². The summed E-state index contributed by atoms with van der Waals surface area (Å²) in [5.74, 6) is 0.562. The fourth-order valence-electron chi connectivity index (χ4n) is 3.28. The summed E-state index contributed by atoms with van der Waals surface area (Å²) >= 11 is 0. The number of carbonyl (C=O) groups is 1.